The fourth-order valence-electron chi connectivity index (χ4n) is 1.75. The molecule has 2 rings (SSSR count). The second kappa shape index (κ2) is 7.26. The Morgan fingerprint density at radius 1 is 1.26 bits per heavy atom. The van der Waals surface area contributed by atoms with Crippen molar-refractivity contribution in [1.82, 2.24) is 4.98 Å². The highest BCUT2D eigenvalue weighted by molar-refractivity contribution is 7.09. The van der Waals surface area contributed by atoms with Gasteiger partial charge in [0.25, 0.3) is 0 Å². The molecule has 0 atom stereocenters. The van der Waals surface area contributed by atoms with Gasteiger partial charge in [-0.1, -0.05) is 6.92 Å². The second-order valence-corrected chi connectivity index (χ2v) is 5.33. The van der Waals surface area contributed by atoms with Crippen LogP contribution in [0.1, 0.15) is 24.8 Å². The Morgan fingerprint density at radius 3 is 2.74 bits per heavy atom. The zero-order valence-electron chi connectivity index (χ0n) is 11.3. The molecule has 0 aliphatic heterocycles. The fourth-order valence-corrected chi connectivity index (χ4v) is 2.60. The van der Waals surface area contributed by atoms with Gasteiger partial charge < -0.3 is 10.5 Å². The Morgan fingerprint density at radius 2 is 2.05 bits per heavy atom. The molecule has 102 valence electrons. The van der Waals surface area contributed by atoms with Crippen LogP contribution in [0.5, 0.6) is 5.75 Å². The normalized spacial score (nSPS) is 10.6. The summed E-state index contributed by atoms with van der Waals surface area (Å²) in [6, 6.07) is 8.13. The molecule has 2 N–H and O–H groups in total. The Balaban J connectivity index is 2.02. The maximum absolute atomic E-state index is 5.57. The SMILES string of the molecule is CCCOc1ccc(-c2csc(CCCN)n2)cc1. The van der Waals surface area contributed by atoms with E-state index in [0.29, 0.717) is 0 Å². The molecule has 0 saturated heterocycles. The van der Waals surface area contributed by atoms with Crippen LogP contribution in [0.3, 0.4) is 0 Å². The number of aryl methyl sites for hydroxylation is 1. The molecule has 1 heterocycles. The van der Waals surface area contributed by atoms with Gasteiger partial charge in [-0.15, -0.1) is 11.3 Å². The first-order chi connectivity index (χ1) is 9.33. The van der Waals surface area contributed by atoms with Gasteiger partial charge >= 0.3 is 0 Å². The van der Waals surface area contributed by atoms with Gasteiger partial charge in [-0.25, -0.2) is 4.98 Å². The minimum atomic E-state index is 0.721. The molecule has 0 unspecified atom stereocenters. The van der Waals surface area contributed by atoms with E-state index >= 15 is 0 Å². The number of ether oxygens (including phenoxy) is 1. The van der Waals surface area contributed by atoms with Crippen LogP contribution in [0.15, 0.2) is 29.6 Å². The Hall–Kier alpha value is -1.39. The summed E-state index contributed by atoms with van der Waals surface area (Å²) in [5, 5.41) is 3.26. The van der Waals surface area contributed by atoms with Gasteiger partial charge in [0.15, 0.2) is 0 Å². The molecule has 0 radical (unpaired) electrons. The smallest absolute Gasteiger partial charge is 0.119 e. The highest BCUT2D eigenvalue weighted by atomic mass is 32.1. The molecule has 2 aromatic rings. The van der Waals surface area contributed by atoms with Gasteiger partial charge in [-0.2, -0.15) is 0 Å². The van der Waals surface area contributed by atoms with E-state index in [9.17, 15) is 0 Å². The van der Waals surface area contributed by atoms with Crippen LogP contribution in [0.2, 0.25) is 0 Å². The number of hydrogen-bond acceptors (Lipinski definition) is 4. The van der Waals surface area contributed by atoms with Crippen LogP contribution in [0.4, 0.5) is 0 Å². The third-order valence-electron chi connectivity index (χ3n) is 2.77. The topological polar surface area (TPSA) is 48.1 Å². The summed E-state index contributed by atoms with van der Waals surface area (Å²) < 4.78 is 5.57. The van der Waals surface area contributed by atoms with Crippen molar-refractivity contribution in [2.75, 3.05) is 13.2 Å². The molecule has 1 aromatic carbocycles. The number of hydrogen-bond donors (Lipinski definition) is 1. The van der Waals surface area contributed by atoms with Gasteiger partial charge in [-0.05, 0) is 43.7 Å². The van der Waals surface area contributed by atoms with Crippen molar-refractivity contribution in [3.8, 4) is 17.0 Å². The molecular weight excluding hydrogens is 256 g/mol. The number of nitrogens with zero attached hydrogens (tertiary/aromatic N) is 1. The third kappa shape index (κ3) is 4.04. The quantitative estimate of drug-likeness (QED) is 0.842. The van der Waals surface area contributed by atoms with Gasteiger partial charge in [0.1, 0.15) is 5.75 Å². The predicted octanol–water partition coefficient (Wildman–Crippen LogP) is 3.49. The minimum absolute atomic E-state index is 0.721. The first-order valence-corrected chi connectivity index (χ1v) is 7.59. The molecule has 3 nitrogen and oxygen atoms in total. The van der Waals surface area contributed by atoms with Gasteiger partial charge in [0, 0.05) is 17.4 Å². The number of benzene rings is 1. The van der Waals surface area contributed by atoms with Gasteiger partial charge in [0.05, 0.1) is 17.3 Å². The first-order valence-electron chi connectivity index (χ1n) is 6.71. The van der Waals surface area contributed by atoms with E-state index in [4.69, 9.17) is 10.5 Å². The summed E-state index contributed by atoms with van der Waals surface area (Å²) >= 11 is 1.70. The van der Waals surface area contributed by atoms with E-state index in [1.165, 1.54) is 0 Å². The van der Waals surface area contributed by atoms with Crippen LogP contribution in [0, 0.1) is 0 Å². The highest BCUT2D eigenvalue weighted by Crippen LogP contribution is 2.24. The monoisotopic (exact) mass is 276 g/mol. The number of rotatable bonds is 7. The molecule has 0 saturated carbocycles. The van der Waals surface area contributed by atoms with E-state index < -0.39 is 0 Å². The van der Waals surface area contributed by atoms with E-state index in [1.54, 1.807) is 11.3 Å². The molecule has 0 aliphatic rings. The van der Waals surface area contributed by atoms with Crippen LogP contribution in [-0.4, -0.2) is 18.1 Å². The van der Waals surface area contributed by atoms with Gasteiger partial charge in [-0.3, -0.25) is 0 Å². The average molecular weight is 276 g/mol. The van der Waals surface area contributed by atoms with E-state index in [1.807, 2.05) is 12.1 Å². The minimum Gasteiger partial charge on any atom is -0.494 e. The van der Waals surface area contributed by atoms with Gasteiger partial charge in [0.2, 0.25) is 0 Å². The standard InChI is InChI=1S/C15H20N2OS/c1-2-10-18-13-7-5-12(6-8-13)14-11-19-15(17-14)4-3-9-16/h5-8,11H,2-4,9-10,16H2,1H3. The lowest BCUT2D eigenvalue weighted by Gasteiger charge is -2.04. The molecule has 0 fully saturated rings. The number of aromatic nitrogens is 1. The van der Waals surface area contributed by atoms with E-state index in [0.717, 1.165) is 54.4 Å². The molecular formula is C15H20N2OS. The van der Waals surface area contributed by atoms with Crippen molar-refractivity contribution in [2.45, 2.75) is 26.2 Å². The lowest BCUT2D eigenvalue weighted by atomic mass is 10.2. The Kier molecular flexibility index (Phi) is 5.36. The van der Waals surface area contributed by atoms with E-state index in [2.05, 4.69) is 29.4 Å². The van der Waals surface area contributed by atoms with Crippen LogP contribution >= 0.6 is 11.3 Å². The molecule has 0 aliphatic carbocycles. The zero-order chi connectivity index (χ0) is 13.5. The van der Waals surface area contributed by atoms with Crippen molar-refractivity contribution >= 4 is 11.3 Å². The molecule has 0 bridgehead atoms. The van der Waals surface area contributed by atoms with Crippen molar-refractivity contribution in [2.24, 2.45) is 5.73 Å². The summed E-state index contributed by atoms with van der Waals surface area (Å²) in [7, 11) is 0. The molecule has 4 heteroatoms. The number of thiazole rings is 1. The largest absolute Gasteiger partial charge is 0.494 e. The number of nitrogens with two attached hydrogens (primary N) is 1. The Labute approximate surface area is 118 Å². The van der Waals surface area contributed by atoms with E-state index in [-0.39, 0.29) is 0 Å². The summed E-state index contributed by atoms with van der Waals surface area (Å²) in [5.41, 5.74) is 7.69. The fraction of sp³-hybridized carbons (Fsp3) is 0.400. The van der Waals surface area contributed by atoms with Crippen molar-refractivity contribution in [3.05, 3.63) is 34.7 Å². The van der Waals surface area contributed by atoms with Crippen molar-refractivity contribution in [1.29, 1.82) is 0 Å². The molecule has 1 aromatic heterocycles. The maximum Gasteiger partial charge on any atom is 0.119 e. The van der Waals surface area contributed by atoms with Crippen LogP contribution in [0.25, 0.3) is 11.3 Å². The van der Waals surface area contributed by atoms with Crippen LogP contribution in [-0.2, 0) is 6.42 Å². The second-order valence-electron chi connectivity index (χ2n) is 4.39. The average Bonchev–Trinajstić information content (AvgIpc) is 2.92. The van der Waals surface area contributed by atoms with Crippen molar-refractivity contribution in [3.63, 3.8) is 0 Å². The highest BCUT2D eigenvalue weighted by Gasteiger charge is 2.04. The predicted molar refractivity (Wildman–Crippen MR) is 80.7 cm³/mol. The molecule has 19 heavy (non-hydrogen) atoms. The lowest BCUT2D eigenvalue weighted by molar-refractivity contribution is 0.317. The summed E-state index contributed by atoms with van der Waals surface area (Å²) in [5.74, 6) is 0.921. The molecule has 0 spiro atoms. The summed E-state index contributed by atoms with van der Waals surface area (Å²) in [4.78, 5) is 4.63. The summed E-state index contributed by atoms with van der Waals surface area (Å²) in [6.45, 7) is 3.59. The summed E-state index contributed by atoms with van der Waals surface area (Å²) in [6.07, 6.45) is 2.99. The van der Waals surface area contributed by atoms with Crippen LogP contribution < -0.4 is 10.5 Å². The molecule has 0 amide bonds. The van der Waals surface area contributed by atoms with Crippen molar-refractivity contribution < 1.29 is 4.74 Å². The zero-order valence-corrected chi connectivity index (χ0v) is 12.1. The Bertz CT molecular complexity index is 493. The first kappa shape index (κ1) is 14.0. The maximum atomic E-state index is 5.57. The lowest BCUT2D eigenvalue weighted by Crippen LogP contribution is -1.99. The third-order valence-corrected chi connectivity index (χ3v) is 3.68.